The number of nitrogen functional groups attached to an aromatic ring is 1. The van der Waals surface area contributed by atoms with Gasteiger partial charge in [-0.3, -0.25) is 0 Å². The van der Waals surface area contributed by atoms with Gasteiger partial charge in [0.05, 0.1) is 6.61 Å². The van der Waals surface area contributed by atoms with Crippen LogP contribution in [0.2, 0.25) is 0 Å². The van der Waals surface area contributed by atoms with Gasteiger partial charge in [-0.25, -0.2) is 4.79 Å². The fourth-order valence-corrected chi connectivity index (χ4v) is 1.95. The van der Waals surface area contributed by atoms with Crippen molar-refractivity contribution in [1.29, 1.82) is 0 Å². The van der Waals surface area contributed by atoms with Crippen LogP contribution in [0.3, 0.4) is 0 Å². The van der Waals surface area contributed by atoms with Gasteiger partial charge in [0.15, 0.2) is 0 Å². The van der Waals surface area contributed by atoms with E-state index in [-0.39, 0.29) is 18.5 Å². The van der Waals surface area contributed by atoms with Crippen molar-refractivity contribution in [2.45, 2.75) is 19.9 Å². The van der Waals surface area contributed by atoms with E-state index >= 15 is 0 Å². The monoisotopic (exact) mass is 256 g/mol. The first-order valence-electron chi connectivity index (χ1n) is 5.49. The summed E-state index contributed by atoms with van der Waals surface area (Å²) in [6, 6.07) is 5.87. The van der Waals surface area contributed by atoms with Crippen molar-refractivity contribution in [3.63, 3.8) is 0 Å². The first kappa shape index (κ1) is 13.6. The molecule has 1 amide bonds. The second-order valence-electron chi connectivity index (χ2n) is 3.90. The summed E-state index contributed by atoms with van der Waals surface area (Å²) in [5, 5.41) is 0. The molecule has 94 valence electrons. The lowest BCUT2D eigenvalue weighted by Crippen LogP contribution is -2.36. The molecule has 4 nitrogen and oxygen atoms in total. The lowest BCUT2D eigenvalue weighted by Gasteiger charge is -2.28. The number of nitrogens with two attached hydrogens (primary N) is 1. The van der Waals surface area contributed by atoms with E-state index in [1.165, 1.54) is 5.56 Å². The van der Waals surface area contributed by atoms with Gasteiger partial charge in [-0.1, -0.05) is 6.07 Å². The number of amides is 1. The molecule has 0 unspecified atom stereocenters. The zero-order chi connectivity index (χ0) is 11.5. The van der Waals surface area contributed by atoms with E-state index in [4.69, 9.17) is 10.5 Å². The molecule has 2 rings (SSSR count). The average molecular weight is 257 g/mol. The number of carbonyl (C=O) groups excluding carboxylic acids is 1. The predicted molar refractivity (Wildman–Crippen MR) is 69.2 cm³/mol. The van der Waals surface area contributed by atoms with Gasteiger partial charge in [0.25, 0.3) is 0 Å². The third-order valence-electron chi connectivity index (χ3n) is 2.77. The van der Waals surface area contributed by atoms with Crippen molar-refractivity contribution in [3.05, 3.63) is 29.3 Å². The van der Waals surface area contributed by atoms with E-state index in [2.05, 4.69) is 0 Å². The Bertz CT molecular complexity index is 409. The normalized spacial score (nSPS) is 13.6. The maximum Gasteiger partial charge on any atom is 0.410 e. The molecular weight excluding hydrogens is 240 g/mol. The summed E-state index contributed by atoms with van der Waals surface area (Å²) in [5.74, 6) is 0. The molecule has 0 radical (unpaired) electrons. The van der Waals surface area contributed by atoms with Gasteiger partial charge in [-0.15, -0.1) is 12.4 Å². The van der Waals surface area contributed by atoms with Gasteiger partial charge in [0.1, 0.15) is 0 Å². The first-order valence-corrected chi connectivity index (χ1v) is 5.49. The minimum absolute atomic E-state index is 0. The smallest absolute Gasteiger partial charge is 0.410 e. The van der Waals surface area contributed by atoms with Crippen molar-refractivity contribution < 1.29 is 9.53 Å². The number of carbonyl (C=O) groups is 1. The van der Waals surface area contributed by atoms with Crippen LogP contribution in [-0.4, -0.2) is 24.1 Å². The van der Waals surface area contributed by atoms with E-state index in [0.717, 1.165) is 24.2 Å². The molecule has 1 aromatic rings. The van der Waals surface area contributed by atoms with E-state index in [1.807, 2.05) is 25.1 Å². The molecule has 0 spiro atoms. The maximum atomic E-state index is 11.6. The molecule has 2 N–H and O–H groups in total. The quantitative estimate of drug-likeness (QED) is 0.784. The molecule has 1 aliphatic rings. The van der Waals surface area contributed by atoms with Crippen LogP contribution in [0.25, 0.3) is 0 Å². The van der Waals surface area contributed by atoms with Crippen molar-refractivity contribution in [3.8, 4) is 0 Å². The van der Waals surface area contributed by atoms with Crippen LogP contribution < -0.4 is 5.73 Å². The van der Waals surface area contributed by atoms with E-state index < -0.39 is 0 Å². The number of benzene rings is 1. The van der Waals surface area contributed by atoms with E-state index in [1.54, 1.807) is 4.90 Å². The number of ether oxygens (including phenoxy) is 1. The van der Waals surface area contributed by atoms with Crippen LogP contribution in [0.5, 0.6) is 0 Å². The SMILES string of the molecule is CCOC(=O)N1CCc2ccc(N)cc2C1.Cl. The van der Waals surface area contributed by atoms with Gasteiger partial charge in [-0.2, -0.15) is 0 Å². The number of fused-ring (bicyclic) bond motifs is 1. The van der Waals surface area contributed by atoms with E-state index in [9.17, 15) is 4.79 Å². The third-order valence-corrected chi connectivity index (χ3v) is 2.77. The highest BCUT2D eigenvalue weighted by atomic mass is 35.5. The fraction of sp³-hybridized carbons (Fsp3) is 0.417. The third kappa shape index (κ3) is 3.03. The number of rotatable bonds is 1. The zero-order valence-electron chi connectivity index (χ0n) is 9.81. The topological polar surface area (TPSA) is 55.6 Å². The Morgan fingerprint density at radius 3 is 2.94 bits per heavy atom. The largest absolute Gasteiger partial charge is 0.450 e. The van der Waals surface area contributed by atoms with Gasteiger partial charge < -0.3 is 15.4 Å². The highest BCUT2D eigenvalue weighted by Crippen LogP contribution is 2.21. The van der Waals surface area contributed by atoms with Crippen molar-refractivity contribution in [2.75, 3.05) is 18.9 Å². The number of anilines is 1. The summed E-state index contributed by atoms with van der Waals surface area (Å²) in [4.78, 5) is 13.3. The number of hydrogen-bond acceptors (Lipinski definition) is 3. The molecular formula is C12H17ClN2O2. The molecule has 0 aromatic heterocycles. The Hall–Kier alpha value is -1.42. The molecule has 0 atom stereocenters. The van der Waals surface area contributed by atoms with Crippen LogP contribution in [0, 0.1) is 0 Å². The van der Waals surface area contributed by atoms with Crippen LogP contribution in [0.4, 0.5) is 10.5 Å². The highest BCUT2D eigenvalue weighted by molar-refractivity contribution is 5.85. The van der Waals surface area contributed by atoms with Gasteiger partial charge >= 0.3 is 6.09 Å². The molecule has 0 saturated carbocycles. The van der Waals surface area contributed by atoms with E-state index in [0.29, 0.717) is 13.2 Å². The van der Waals surface area contributed by atoms with Gasteiger partial charge in [0, 0.05) is 18.8 Å². The van der Waals surface area contributed by atoms with Crippen LogP contribution in [0.1, 0.15) is 18.1 Å². The Morgan fingerprint density at radius 1 is 1.47 bits per heavy atom. The lowest BCUT2D eigenvalue weighted by atomic mass is 9.99. The summed E-state index contributed by atoms with van der Waals surface area (Å²) < 4.78 is 4.98. The number of halogens is 1. The molecule has 0 bridgehead atoms. The van der Waals surface area contributed by atoms with Crippen LogP contribution in [0.15, 0.2) is 18.2 Å². The Labute approximate surface area is 107 Å². The van der Waals surface area contributed by atoms with Crippen molar-refractivity contribution in [2.24, 2.45) is 0 Å². The molecule has 1 aliphatic heterocycles. The average Bonchev–Trinajstić information content (AvgIpc) is 2.28. The van der Waals surface area contributed by atoms with Crippen LogP contribution >= 0.6 is 12.4 Å². The molecule has 0 fully saturated rings. The molecule has 5 heteroatoms. The Kier molecular flexibility index (Phi) is 4.63. The summed E-state index contributed by atoms with van der Waals surface area (Å²) in [5.41, 5.74) is 8.86. The van der Waals surface area contributed by atoms with Crippen molar-refractivity contribution >= 4 is 24.2 Å². The highest BCUT2D eigenvalue weighted by Gasteiger charge is 2.21. The number of nitrogens with zero attached hydrogens (tertiary/aromatic N) is 1. The zero-order valence-corrected chi connectivity index (χ0v) is 10.6. The molecule has 1 aromatic carbocycles. The molecule has 0 aliphatic carbocycles. The van der Waals surface area contributed by atoms with Crippen LogP contribution in [-0.2, 0) is 17.7 Å². The lowest BCUT2D eigenvalue weighted by molar-refractivity contribution is 0.102. The fourth-order valence-electron chi connectivity index (χ4n) is 1.95. The Balaban J connectivity index is 0.00000144. The van der Waals surface area contributed by atoms with Gasteiger partial charge in [-0.05, 0) is 36.6 Å². The maximum absolute atomic E-state index is 11.6. The van der Waals surface area contributed by atoms with Gasteiger partial charge in [0.2, 0.25) is 0 Å². The summed E-state index contributed by atoms with van der Waals surface area (Å²) in [6.45, 7) is 3.54. The summed E-state index contributed by atoms with van der Waals surface area (Å²) in [7, 11) is 0. The predicted octanol–water partition coefficient (Wildman–Crippen LogP) is 2.21. The Morgan fingerprint density at radius 2 is 2.24 bits per heavy atom. The minimum atomic E-state index is -0.240. The molecule has 17 heavy (non-hydrogen) atoms. The second-order valence-corrected chi connectivity index (χ2v) is 3.90. The second kappa shape index (κ2) is 5.77. The summed E-state index contributed by atoms with van der Waals surface area (Å²) in [6.07, 6.45) is 0.629. The molecule has 1 heterocycles. The number of hydrogen-bond donors (Lipinski definition) is 1. The first-order chi connectivity index (χ1) is 7.70. The van der Waals surface area contributed by atoms with Crippen molar-refractivity contribution in [1.82, 2.24) is 4.90 Å². The molecule has 0 saturated heterocycles. The standard InChI is InChI=1S/C12H16N2O2.ClH/c1-2-16-12(15)14-6-5-9-3-4-11(13)7-10(9)8-14;/h3-4,7H,2,5-6,8,13H2,1H3;1H. The minimum Gasteiger partial charge on any atom is -0.450 e. The summed E-state index contributed by atoms with van der Waals surface area (Å²) >= 11 is 0.